The molecule has 1 fully saturated rings. The fraction of sp³-hybridized carbons (Fsp3) is 0.667. The molecule has 0 aromatic carbocycles. The minimum atomic E-state index is 0.287. The van der Waals surface area contributed by atoms with Crippen molar-refractivity contribution in [1.29, 1.82) is 0 Å². The Bertz CT molecular complexity index is 284. The van der Waals surface area contributed by atoms with Gasteiger partial charge < -0.3 is 14.5 Å². The van der Waals surface area contributed by atoms with Gasteiger partial charge in [-0.2, -0.15) is 0 Å². The zero-order chi connectivity index (χ0) is 10.7. The van der Waals surface area contributed by atoms with Gasteiger partial charge in [0.25, 0.3) is 0 Å². The molecule has 0 spiro atoms. The molecule has 3 heteroatoms. The van der Waals surface area contributed by atoms with Crippen LogP contribution in [0, 0.1) is 0 Å². The largest absolute Gasteiger partial charge is 0.468 e. The molecule has 1 aliphatic heterocycles. The van der Waals surface area contributed by atoms with Crippen molar-refractivity contribution < 1.29 is 9.15 Å². The van der Waals surface area contributed by atoms with E-state index in [4.69, 9.17) is 9.15 Å². The molecule has 3 unspecified atom stereocenters. The van der Waals surface area contributed by atoms with E-state index in [1.165, 1.54) is 0 Å². The lowest BCUT2D eigenvalue weighted by Gasteiger charge is -2.29. The molecule has 15 heavy (non-hydrogen) atoms. The fourth-order valence-corrected chi connectivity index (χ4v) is 2.12. The number of rotatable bonds is 3. The minimum absolute atomic E-state index is 0.287. The van der Waals surface area contributed by atoms with Gasteiger partial charge in [0, 0.05) is 12.6 Å². The van der Waals surface area contributed by atoms with Gasteiger partial charge in [0.15, 0.2) is 0 Å². The van der Waals surface area contributed by atoms with Crippen LogP contribution in [0.5, 0.6) is 0 Å². The predicted molar refractivity (Wildman–Crippen MR) is 58.7 cm³/mol. The topological polar surface area (TPSA) is 34.4 Å². The predicted octanol–water partition coefficient (Wildman–Crippen LogP) is 2.50. The zero-order valence-corrected chi connectivity index (χ0v) is 9.40. The van der Waals surface area contributed by atoms with Gasteiger partial charge >= 0.3 is 0 Å². The van der Waals surface area contributed by atoms with Gasteiger partial charge in [-0.25, -0.2) is 0 Å². The minimum Gasteiger partial charge on any atom is -0.468 e. The first-order chi connectivity index (χ1) is 7.25. The molecule has 1 aliphatic rings. The standard InChI is InChI=1S/C12H19NO2/c1-9-8-11(5-7-14-9)13-10(2)12-4-3-6-15-12/h3-4,6,9-11,13H,5,7-8H2,1-2H3. The highest BCUT2D eigenvalue weighted by Crippen LogP contribution is 2.18. The first-order valence-electron chi connectivity index (χ1n) is 5.67. The average molecular weight is 209 g/mol. The van der Waals surface area contributed by atoms with Gasteiger partial charge in [0.1, 0.15) is 5.76 Å². The van der Waals surface area contributed by atoms with Crippen LogP contribution in [0.25, 0.3) is 0 Å². The molecule has 1 saturated heterocycles. The maximum atomic E-state index is 5.52. The first-order valence-corrected chi connectivity index (χ1v) is 5.67. The molecule has 1 N–H and O–H groups in total. The summed E-state index contributed by atoms with van der Waals surface area (Å²) in [5.74, 6) is 1.01. The van der Waals surface area contributed by atoms with Crippen molar-refractivity contribution in [2.45, 2.75) is 44.9 Å². The molecule has 3 atom stereocenters. The van der Waals surface area contributed by atoms with E-state index in [1.807, 2.05) is 12.1 Å². The Labute approximate surface area is 90.8 Å². The van der Waals surface area contributed by atoms with Gasteiger partial charge in [0.05, 0.1) is 18.4 Å². The summed E-state index contributed by atoms with van der Waals surface area (Å²) in [5, 5.41) is 3.58. The third kappa shape index (κ3) is 2.83. The molecule has 0 bridgehead atoms. The smallest absolute Gasteiger partial charge is 0.120 e. The van der Waals surface area contributed by atoms with Crippen molar-refractivity contribution in [2.75, 3.05) is 6.61 Å². The van der Waals surface area contributed by atoms with Crippen LogP contribution >= 0.6 is 0 Å². The molecule has 84 valence electrons. The summed E-state index contributed by atoms with van der Waals surface area (Å²) < 4.78 is 10.9. The zero-order valence-electron chi connectivity index (χ0n) is 9.40. The van der Waals surface area contributed by atoms with Crippen molar-refractivity contribution in [3.8, 4) is 0 Å². The van der Waals surface area contributed by atoms with Gasteiger partial charge in [0.2, 0.25) is 0 Å². The highest BCUT2D eigenvalue weighted by Gasteiger charge is 2.21. The number of hydrogen-bond donors (Lipinski definition) is 1. The lowest BCUT2D eigenvalue weighted by atomic mass is 10.0. The van der Waals surface area contributed by atoms with E-state index in [1.54, 1.807) is 6.26 Å². The van der Waals surface area contributed by atoms with Crippen LogP contribution in [-0.4, -0.2) is 18.8 Å². The third-order valence-electron chi connectivity index (χ3n) is 2.94. The summed E-state index contributed by atoms with van der Waals surface area (Å²) in [7, 11) is 0. The molecule has 0 aliphatic carbocycles. The second-order valence-corrected chi connectivity index (χ2v) is 4.31. The van der Waals surface area contributed by atoms with Crippen molar-refractivity contribution >= 4 is 0 Å². The average Bonchev–Trinajstić information content (AvgIpc) is 2.70. The summed E-state index contributed by atoms with van der Waals surface area (Å²) in [6.45, 7) is 5.13. The summed E-state index contributed by atoms with van der Waals surface area (Å²) >= 11 is 0. The highest BCUT2D eigenvalue weighted by atomic mass is 16.5. The first kappa shape index (κ1) is 10.7. The Kier molecular flexibility index (Phi) is 3.44. The summed E-state index contributed by atoms with van der Waals surface area (Å²) in [4.78, 5) is 0. The summed E-state index contributed by atoms with van der Waals surface area (Å²) in [6, 6.07) is 4.78. The normalized spacial score (nSPS) is 28.9. The lowest BCUT2D eigenvalue weighted by Crippen LogP contribution is -2.39. The van der Waals surface area contributed by atoms with Crippen molar-refractivity contribution in [1.82, 2.24) is 5.32 Å². The Morgan fingerprint density at radius 1 is 1.53 bits per heavy atom. The molecule has 0 saturated carbocycles. The lowest BCUT2D eigenvalue weighted by molar-refractivity contribution is 0.0111. The van der Waals surface area contributed by atoms with E-state index in [0.29, 0.717) is 12.1 Å². The number of nitrogens with one attached hydrogen (secondary N) is 1. The number of ether oxygens (including phenoxy) is 1. The van der Waals surface area contributed by atoms with Crippen LogP contribution in [0.2, 0.25) is 0 Å². The fourth-order valence-electron chi connectivity index (χ4n) is 2.12. The Balaban J connectivity index is 1.86. The Morgan fingerprint density at radius 3 is 3.07 bits per heavy atom. The monoisotopic (exact) mass is 209 g/mol. The Morgan fingerprint density at radius 2 is 2.40 bits per heavy atom. The highest BCUT2D eigenvalue weighted by molar-refractivity contribution is 5.03. The molecule has 2 rings (SSSR count). The van der Waals surface area contributed by atoms with Crippen molar-refractivity contribution in [3.05, 3.63) is 24.2 Å². The van der Waals surface area contributed by atoms with Crippen LogP contribution < -0.4 is 5.32 Å². The summed E-state index contributed by atoms with van der Waals surface area (Å²) in [6.07, 6.45) is 4.28. The van der Waals surface area contributed by atoms with Gasteiger partial charge in [-0.3, -0.25) is 0 Å². The number of hydrogen-bond acceptors (Lipinski definition) is 3. The van der Waals surface area contributed by atoms with Crippen LogP contribution in [0.1, 0.15) is 38.5 Å². The van der Waals surface area contributed by atoms with Crippen LogP contribution in [0.15, 0.2) is 22.8 Å². The van der Waals surface area contributed by atoms with E-state index in [-0.39, 0.29) is 6.04 Å². The Hall–Kier alpha value is -0.800. The van der Waals surface area contributed by atoms with Crippen LogP contribution in [-0.2, 0) is 4.74 Å². The van der Waals surface area contributed by atoms with Gasteiger partial charge in [-0.05, 0) is 38.8 Å². The van der Waals surface area contributed by atoms with E-state index >= 15 is 0 Å². The molecular formula is C12H19NO2. The second kappa shape index (κ2) is 4.81. The maximum Gasteiger partial charge on any atom is 0.120 e. The van der Waals surface area contributed by atoms with E-state index < -0.39 is 0 Å². The van der Waals surface area contributed by atoms with E-state index in [9.17, 15) is 0 Å². The quantitative estimate of drug-likeness (QED) is 0.830. The molecule has 0 radical (unpaired) electrons. The van der Waals surface area contributed by atoms with Crippen molar-refractivity contribution in [3.63, 3.8) is 0 Å². The van der Waals surface area contributed by atoms with Crippen LogP contribution in [0.3, 0.4) is 0 Å². The summed E-state index contributed by atoms with van der Waals surface area (Å²) in [5.41, 5.74) is 0. The van der Waals surface area contributed by atoms with Crippen molar-refractivity contribution in [2.24, 2.45) is 0 Å². The SMILES string of the molecule is CC1CC(NC(C)c2ccco2)CCO1. The number of furan rings is 1. The van der Waals surface area contributed by atoms with E-state index in [2.05, 4.69) is 19.2 Å². The third-order valence-corrected chi connectivity index (χ3v) is 2.94. The molecule has 1 aromatic heterocycles. The second-order valence-electron chi connectivity index (χ2n) is 4.31. The molecular weight excluding hydrogens is 190 g/mol. The molecule has 1 aromatic rings. The molecule has 3 nitrogen and oxygen atoms in total. The van der Waals surface area contributed by atoms with Gasteiger partial charge in [-0.15, -0.1) is 0 Å². The van der Waals surface area contributed by atoms with Crippen LogP contribution in [0.4, 0.5) is 0 Å². The molecule has 2 heterocycles. The molecule has 0 amide bonds. The van der Waals surface area contributed by atoms with E-state index in [0.717, 1.165) is 25.2 Å². The van der Waals surface area contributed by atoms with Gasteiger partial charge in [-0.1, -0.05) is 0 Å². The maximum absolute atomic E-state index is 5.52.